The van der Waals surface area contributed by atoms with Gasteiger partial charge in [-0.15, -0.1) is 0 Å². The van der Waals surface area contributed by atoms with Gasteiger partial charge in [-0.25, -0.2) is 4.98 Å². The maximum atomic E-state index is 14.6. The Labute approximate surface area is 171 Å². The lowest BCUT2D eigenvalue weighted by Gasteiger charge is -2.62. The highest BCUT2D eigenvalue weighted by molar-refractivity contribution is 5.92. The summed E-state index contributed by atoms with van der Waals surface area (Å²) >= 11 is 0. The molecule has 1 spiro atoms. The van der Waals surface area contributed by atoms with Crippen LogP contribution in [0.3, 0.4) is 0 Å². The number of carbonyl (C=O) groups is 1. The van der Waals surface area contributed by atoms with Crippen molar-refractivity contribution in [1.82, 2.24) is 14.9 Å². The summed E-state index contributed by atoms with van der Waals surface area (Å²) in [6.45, 7) is 0.461. The molecule has 0 aromatic carbocycles. The van der Waals surface area contributed by atoms with E-state index in [2.05, 4.69) is 14.9 Å². The Kier molecular flexibility index (Phi) is 3.84. The molecule has 30 heavy (non-hydrogen) atoms. The highest BCUT2D eigenvalue weighted by atomic mass is 19.3. The predicted molar refractivity (Wildman–Crippen MR) is 102 cm³/mol. The molecule has 2 aromatic heterocycles. The number of nitriles is 1. The maximum absolute atomic E-state index is 14.6. The van der Waals surface area contributed by atoms with Gasteiger partial charge in [0.1, 0.15) is 17.6 Å². The molecule has 0 bridgehead atoms. The number of aromatic nitrogens is 2. The molecule has 9 heteroatoms. The van der Waals surface area contributed by atoms with Gasteiger partial charge < -0.3 is 14.5 Å². The van der Waals surface area contributed by atoms with Crippen molar-refractivity contribution in [1.29, 1.82) is 5.26 Å². The van der Waals surface area contributed by atoms with Gasteiger partial charge >= 0.3 is 0 Å². The predicted octanol–water partition coefficient (Wildman–Crippen LogP) is 2.25. The second kappa shape index (κ2) is 6.23. The van der Waals surface area contributed by atoms with Crippen molar-refractivity contribution in [2.24, 2.45) is 0 Å². The Hall–Kier alpha value is -3.54. The minimum atomic E-state index is -3.38. The Bertz CT molecular complexity index is 1100. The average Bonchev–Trinajstić information content (AvgIpc) is 3.49. The molecule has 3 fully saturated rings. The summed E-state index contributed by atoms with van der Waals surface area (Å²) < 4.78 is 34.1. The molecular weight excluding hydrogens is 392 g/mol. The van der Waals surface area contributed by atoms with Crippen molar-refractivity contribution in [3.05, 3.63) is 60.1 Å². The van der Waals surface area contributed by atoms with Crippen LogP contribution in [0.1, 0.15) is 17.5 Å². The van der Waals surface area contributed by atoms with Gasteiger partial charge in [0.2, 0.25) is 5.91 Å². The number of amides is 1. The van der Waals surface area contributed by atoms with Crippen LogP contribution in [-0.4, -0.2) is 52.1 Å². The van der Waals surface area contributed by atoms with E-state index in [9.17, 15) is 13.6 Å². The van der Waals surface area contributed by atoms with Gasteiger partial charge in [-0.2, -0.15) is 14.0 Å². The normalized spacial score (nSPS) is 26.2. The van der Waals surface area contributed by atoms with Crippen LogP contribution >= 0.6 is 0 Å². The number of hydrogen-bond acceptors (Lipinski definition) is 6. The number of pyridine rings is 2. The molecule has 0 radical (unpaired) electrons. The second-order valence-electron chi connectivity index (χ2n) is 7.63. The number of methoxy groups -OCH3 is 1. The van der Waals surface area contributed by atoms with Crippen LogP contribution in [0.5, 0.6) is 5.75 Å². The first-order chi connectivity index (χ1) is 14.4. The summed E-state index contributed by atoms with van der Waals surface area (Å²) in [7, 11) is 1.31. The number of alkyl halides is 2. The highest BCUT2D eigenvalue weighted by Gasteiger charge is 2.83. The molecule has 1 aliphatic carbocycles. The van der Waals surface area contributed by atoms with E-state index in [1.54, 1.807) is 17.0 Å². The van der Waals surface area contributed by atoms with Gasteiger partial charge in [0.05, 0.1) is 35.9 Å². The van der Waals surface area contributed by atoms with Crippen molar-refractivity contribution in [3.63, 3.8) is 0 Å². The molecule has 2 aliphatic heterocycles. The number of likely N-dealkylation sites (tertiary alicyclic amines) is 1. The first-order valence-corrected chi connectivity index (χ1v) is 9.44. The standard InChI is InChI=1S/C21H17F2N5O2/c1-30-15-5-7-25-11-14(15)21(22,23)6-4-19(29)27-12-17-20(27)8-16(20)28(17)18-3-2-13(9-24)10-26-18/h2-7,10-11,16-17H,8,12H2,1H3/b6-4+. The van der Waals surface area contributed by atoms with Crippen molar-refractivity contribution in [3.8, 4) is 11.8 Å². The Morgan fingerprint density at radius 1 is 1.37 bits per heavy atom. The van der Waals surface area contributed by atoms with Crippen molar-refractivity contribution in [2.75, 3.05) is 18.6 Å². The van der Waals surface area contributed by atoms with Gasteiger partial charge in [0.15, 0.2) is 0 Å². The van der Waals surface area contributed by atoms with E-state index in [0.29, 0.717) is 18.2 Å². The zero-order chi connectivity index (χ0) is 21.1. The number of hydrogen-bond donors (Lipinski definition) is 0. The third-order valence-corrected chi connectivity index (χ3v) is 6.25. The summed E-state index contributed by atoms with van der Waals surface area (Å²) in [5, 5.41) is 8.89. The third-order valence-electron chi connectivity index (χ3n) is 6.25. The second-order valence-corrected chi connectivity index (χ2v) is 7.63. The van der Waals surface area contributed by atoms with Gasteiger partial charge in [-0.3, -0.25) is 9.78 Å². The maximum Gasteiger partial charge on any atom is 0.297 e. The molecule has 152 valence electrons. The van der Waals surface area contributed by atoms with E-state index in [-0.39, 0.29) is 28.9 Å². The number of anilines is 1. The zero-order valence-corrected chi connectivity index (χ0v) is 16.0. The van der Waals surface area contributed by atoms with E-state index in [4.69, 9.17) is 10.00 Å². The monoisotopic (exact) mass is 409 g/mol. The lowest BCUT2D eigenvalue weighted by molar-refractivity contribution is -0.140. The minimum absolute atomic E-state index is 0.0153. The Morgan fingerprint density at radius 3 is 2.87 bits per heavy atom. The number of rotatable bonds is 5. The van der Waals surface area contributed by atoms with E-state index in [0.717, 1.165) is 24.5 Å². The molecule has 3 aliphatic rings. The summed E-state index contributed by atoms with van der Waals surface area (Å²) in [5.41, 5.74) is -0.163. The van der Waals surface area contributed by atoms with E-state index >= 15 is 0 Å². The van der Waals surface area contributed by atoms with Crippen LogP contribution < -0.4 is 9.64 Å². The summed E-state index contributed by atoms with van der Waals surface area (Å²) in [6, 6.07) is 7.19. The van der Waals surface area contributed by atoms with Gasteiger partial charge in [0.25, 0.3) is 5.92 Å². The molecule has 5 rings (SSSR count). The van der Waals surface area contributed by atoms with E-state index in [1.165, 1.54) is 25.6 Å². The van der Waals surface area contributed by atoms with Crippen molar-refractivity contribution >= 4 is 11.7 Å². The van der Waals surface area contributed by atoms with Crippen LogP contribution in [0.2, 0.25) is 0 Å². The Morgan fingerprint density at radius 2 is 2.20 bits per heavy atom. The number of halogens is 2. The van der Waals surface area contributed by atoms with E-state index in [1.807, 2.05) is 6.07 Å². The fourth-order valence-corrected chi connectivity index (χ4v) is 4.66. The Balaban J connectivity index is 1.27. The molecule has 4 heterocycles. The topological polar surface area (TPSA) is 82.4 Å². The lowest BCUT2D eigenvalue weighted by atomic mass is 9.83. The smallest absolute Gasteiger partial charge is 0.297 e. The SMILES string of the molecule is COc1ccncc1C(F)(F)/C=C/C(=O)N1CC2N(c3ccc(C#N)cn3)C3CC231. The van der Waals surface area contributed by atoms with Gasteiger partial charge in [0, 0.05) is 31.2 Å². The summed E-state index contributed by atoms with van der Waals surface area (Å²) in [4.78, 5) is 24.4. The van der Waals surface area contributed by atoms with Crippen LogP contribution in [-0.2, 0) is 10.7 Å². The lowest BCUT2D eigenvalue weighted by Crippen LogP contribution is -2.80. The van der Waals surface area contributed by atoms with Crippen LogP contribution in [0.25, 0.3) is 0 Å². The number of carbonyl (C=O) groups excluding carboxylic acids is 1. The molecular formula is C21H17F2N5O2. The number of piperazine rings is 1. The number of nitrogens with zero attached hydrogens (tertiary/aromatic N) is 5. The third kappa shape index (κ3) is 2.43. The average molecular weight is 409 g/mol. The number of allylic oxidation sites excluding steroid dienone is 1. The van der Waals surface area contributed by atoms with E-state index < -0.39 is 11.8 Å². The zero-order valence-electron chi connectivity index (χ0n) is 16.0. The van der Waals surface area contributed by atoms with Gasteiger partial charge in [-0.1, -0.05) is 0 Å². The molecule has 2 saturated heterocycles. The largest absolute Gasteiger partial charge is 0.496 e. The highest BCUT2D eigenvalue weighted by Crippen LogP contribution is 2.66. The summed E-state index contributed by atoms with van der Waals surface area (Å²) in [6.07, 6.45) is 6.27. The molecule has 3 atom stereocenters. The van der Waals surface area contributed by atoms with Crippen LogP contribution in [0.4, 0.5) is 14.6 Å². The number of ether oxygens (including phenoxy) is 1. The van der Waals surface area contributed by atoms with Crippen LogP contribution in [0, 0.1) is 11.3 Å². The quantitative estimate of drug-likeness (QED) is 0.705. The molecule has 1 amide bonds. The minimum Gasteiger partial charge on any atom is -0.496 e. The fourth-order valence-electron chi connectivity index (χ4n) is 4.66. The first-order valence-electron chi connectivity index (χ1n) is 9.44. The molecule has 7 nitrogen and oxygen atoms in total. The molecule has 0 N–H and O–H groups in total. The molecule has 2 aromatic rings. The molecule has 3 unspecified atom stereocenters. The fraction of sp³-hybridized carbons (Fsp3) is 0.333. The summed E-state index contributed by atoms with van der Waals surface area (Å²) in [5.74, 6) is -3.02. The molecule has 1 saturated carbocycles. The van der Waals surface area contributed by atoms with Gasteiger partial charge in [-0.05, 0) is 30.7 Å². The van der Waals surface area contributed by atoms with Crippen molar-refractivity contribution < 1.29 is 18.3 Å². The van der Waals surface area contributed by atoms with Crippen LogP contribution in [0.15, 0.2) is 48.9 Å². The first kappa shape index (κ1) is 18.5. The van der Waals surface area contributed by atoms with Crippen molar-refractivity contribution in [2.45, 2.75) is 30.0 Å².